The summed E-state index contributed by atoms with van der Waals surface area (Å²) in [7, 11) is -2.81. The predicted molar refractivity (Wildman–Crippen MR) is 177 cm³/mol. The number of hydrogen-bond donors (Lipinski definition) is 2. The minimum atomic E-state index is -3.87. The zero-order valence-corrected chi connectivity index (χ0v) is 27.5. The topological polar surface area (TPSA) is 135 Å². The van der Waals surface area contributed by atoms with E-state index >= 15 is 4.39 Å². The zero-order valence-electron chi connectivity index (χ0n) is 25.9. The van der Waals surface area contributed by atoms with Crippen molar-refractivity contribution in [3.05, 3.63) is 125 Å². The van der Waals surface area contributed by atoms with E-state index in [9.17, 15) is 22.4 Å². The molecule has 1 aromatic heterocycles. The molecule has 1 aliphatic rings. The Kier molecular flexibility index (Phi) is 11.2. The molecule has 0 unspecified atom stereocenters. The highest BCUT2D eigenvalue weighted by molar-refractivity contribution is 7.89. The smallest absolute Gasteiger partial charge is 0.421 e. The molecular formula is C34H34ClF2N5O5S. The summed E-state index contributed by atoms with van der Waals surface area (Å²) in [4.78, 5) is 32.1. The number of methoxy groups -OCH3 is 1. The fourth-order valence-corrected chi connectivity index (χ4v) is 7.70. The van der Waals surface area contributed by atoms with Gasteiger partial charge in [-0.05, 0) is 60.4 Å². The number of hydrogen-bond acceptors (Lipinski definition) is 8. The van der Waals surface area contributed by atoms with Gasteiger partial charge in [0.1, 0.15) is 11.6 Å². The highest BCUT2D eigenvalue weighted by Gasteiger charge is 2.38. The summed E-state index contributed by atoms with van der Waals surface area (Å²) < 4.78 is 63.4. The van der Waals surface area contributed by atoms with E-state index in [1.165, 1.54) is 34.6 Å². The lowest BCUT2D eigenvalue weighted by Crippen LogP contribution is -2.53. The van der Waals surface area contributed by atoms with Crippen LogP contribution in [0.3, 0.4) is 0 Å². The van der Waals surface area contributed by atoms with Gasteiger partial charge >= 0.3 is 6.09 Å². The summed E-state index contributed by atoms with van der Waals surface area (Å²) in [5.41, 5.74) is 7.19. The Labute approximate surface area is 282 Å². The molecule has 2 amide bonds. The molecule has 0 aliphatic carbocycles. The maximum Gasteiger partial charge on any atom is 0.421 e. The molecular weight excluding hydrogens is 664 g/mol. The van der Waals surface area contributed by atoms with E-state index in [-0.39, 0.29) is 35.5 Å². The molecule has 48 heavy (non-hydrogen) atoms. The normalized spacial score (nSPS) is 16.6. The van der Waals surface area contributed by atoms with Crippen molar-refractivity contribution in [2.45, 2.75) is 35.7 Å². The second kappa shape index (κ2) is 15.3. The molecule has 0 saturated carbocycles. The highest BCUT2D eigenvalue weighted by Crippen LogP contribution is 2.33. The fourth-order valence-electron chi connectivity index (χ4n) is 5.90. The third kappa shape index (κ3) is 7.55. The highest BCUT2D eigenvalue weighted by atomic mass is 35.5. The average Bonchev–Trinajstić information content (AvgIpc) is 3.09. The quantitative estimate of drug-likeness (QED) is 0.240. The van der Waals surface area contributed by atoms with Crippen molar-refractivity contribution in [3.63, 3.8) is 0 Å². The van der Waals surface area contributed by atoms with Crippen molar-refractivity contribution >= 4 is 39.3 Å². The van der Waals surface area contributed by atoms with E-state index in [4.69, 9.17) is 22.1 Å². The number of sulfonamides is 1. The van der Waals surface area contributed by atoms with Crippen molar-refractivity contribution < 1.29 is 31.5 Å². The lowest BCUT2D eigenvalue weighted by molar-refractivity contribution is -0.119. The summed E-state index contributed by atoms with van der Waals surface area (Å²) in [6, 6.07) is 18.0. The molecule has 10 nitrogen and oxygen atoms in total. The van der Waals surface area contributed by atoms with Gasteiger partial charge in [-0.1, -0.05) is 54.1 Å². The first kappa shape index (κ1) is 35.0. The molecule has 1 saturated heterocycles. The minimum absolute atomic E-state index is 0.0626. The fraction of sp³-hybridized carbons (Fsp3) is 0.265. The van der Waals surface area contributed by atoms with Crippen LogP contribution in [0.2, 0.25) is 5.02 Å². The molecule has 0 spiro atoms. The van der Waals surface area contributed by atoms with Crippen molar-refractivity contribution in [2.75, 3.05) is 31.6 Å². The molecule has 5 rings (SSSR count). The number of halogens is 3. The van der Waals surface area contributed by atoms with Crippen LogP contribution in [0, 0.1) is 11.6 Å². The number of ether oxygens (including phenoxy) is 1. The number of nitrogens with one attached hydrogen (secondary N) is 1. The second-order valence-corrected chi connectivity index (χ2v) is 13.5. The van der Waals surface area contributed by atoms with Gasteiger partial charge in [-0.3, -0.25) is 9.78 Å². The van der Waals surface area contributed by atoms with Gasteiger partial charge in [-0.2, -0.15) is 4.31 Å². The number of carbonyl (C=O) groups excluding carboxylic acids is 2. The predicted octanol–water partition coefficient (Wildman–Crippen LogP) is 4.87. The number of imide groups is 1. The van der Waals surface area contributed by atoms with Crippen molar-refractivity contribution in [2.24, 2.45) is 5.73 Å². The Bertz CT molecular complexity index is 1870. The minimum Gasteiger partial charge on any atom is -0.452 e. The Hall–Kier alpha value is -4.27. The van der Waals surface area contributed by atoms with E-state index in [0.717, 1.165) is 19.5 Å². The van der Waals surface area contributed by atoms with Gasteiger partial charge in [0.2, 0.25) is 10.0 Å². The zero-order chi connectivity index (χ0) is 34.4. The summed E-state index contributed by atoms with van der Waals surface area (Å²) >= 11 is 6.09. The molecule has 0 bridgehead atoms. The number of nitrogens with zero attached hydrogens (tertiary/aromatic N) is 3. The van der Waals surface area contributed by atoms with Crippen LogP contribution >= 0.6 is 11.6 Å². The molecule has 14 heteroatoms. The van der Waals surface area contributed by atoms with Crippen LogP contribution < -0.4 is 16.0 Å². The lowest BCUT2D eigenvalue weighted by atomic mass is 9.84. The van der Waals surface area contributed by atoms with Crippen molar-refractivity contribution in [1.29, 1.82) is 0 Å². The summed E-state index contributed by atoms with van der Waals surface area (Å²) in [5, 5.41) is 3.61. The number of anilines is 1. The van der Waals surface area contributed by atoms with E-state index in [2.05, 4.69) is 10.3 Å². The lowest BCUT2D eigenvalue weighted by Gasteiger charge is -2.35. The molecule has 4 aromatic rings. The number of benzene rings is 3. The van der Waals surface area contributed by atoms with Gasteiger partial charge in [0, 0.05) is 42.2 Å². The monoisotopic (exact) mass is 697 g/mol. The van der Waals surface area contributed by atoms with Crippen LogP contribution in [0.1, 0.15) is 29.0 Å². The molecule has 1 fully saturated rings. The Morgan fingerprint density at radius 3 is 2.48 bits per heavy atom. The summed E-state index contributed by atoms with van der Waals surface area (Å²) in [5.74, 6) is -3.29. The third-order valence-corrected chi connectivity index (χ3v) is 10.5. The van der Waals surface area contributed by atoms with Crippen LogP contribution in [0.5, 0.6) is 0 Å². The average molecular weight is 698 g/mol. The summed E-state index contributed by atoms with van der Waals surface area (Å²) in [6.45, 7) is 0.927. The van der Waals surface area contributed by atoms with Gasteiger partial charge in [0.15, 0.2) is 0 Å². The first-order valence-corrected chi connectivity index (χ1v) is 16.9. The Balaban J connectivity index is 1.49. The molecule has 252 valence electrons. The van der Waals surface area contributed by atoms with Gasteiger partial charge in [0.25, 0.3) is 5.91 Å². The molecule has 3 atom stereocenters. The molecule has 0 radical (unpaired) electrons. The van der Waals surface area contributed by atoms with E-state index in [1.54, 1.807) is 48.5 Å². The van der Waals surface area contributed by atoms with Crippen molar-refractivity contribution in [1.82, 2.24) is 14.6 Å². The molecule has 1 aliphatic heterocycles. The van der Waals surface area contributed by atoms with Crippen molar-refractivity contribution in [3.8, 4) is 0 Å². The van der Waals surface area contributed by atoms with Gasteiger partial charge in [-0.25, -0.2) is 26.9 Å². The number of nitrogens with two attached hydrogens (primary N) is 1. The van der Waals surface area contributed by atoms with Crippen LogP contribution in [0.4, 0.5) is 19.3 Å². The van der Waals surface area contributed by atoms with Crippen LogP contribution in [-0.2, 0) is 26.0 Å². The number of amides is 2. The third-order valence-electron chi connectivity index (χ3n) is 8.26. The van der Waals surface area contributed by atoms with E-state index in [0.29, 0.717) is 34.1 Å². The second-order valence-electron chi connectivity index (χ2n) is 11.2. The molecule has 2 heterocycles. The molecule has 3 aromatic carbocycles. The van der Waals surface area contributed by atoms with Gasteiger partial charge in [-0.15, -0.1) is 0 Å². The number of carbonyl (C=O) groups is 2. The number of rotatable bonds is 10. The largest absolute Gasteiger partial charge is 0.452 e. The maximum absolute atomic E-state index is 15.6. The van der Waals surface area contributed by atoms with Crippen LogP contribution in [0.15, 0.2) is 96.2 Å². The standard InChI is InChI=1S/C34H34ClF2N5O5S/c1-47-34(44)42(33(43)32(38)31(22-10-12-24(35)13-11-22)23-6-5-7-25(36)18-23)30-21-40-20-29(37)28(30)15-14-26-19-39-16-17-41(26)48(45,46)27-8-3-2-4-9-27/h2-13,18,20-21,26,31-32,39H,14-17,19,38H2,1H3/t26-,31-,32-/m0/s1. The Morgan fingerprint density at radius 1 is 1.06 bits per heavy atom. The summed E-state index contributed by atoms with van der Waals surface area (Å²) in [6.07, 6.45) is 1.01. The van der Waals surface area contributed by atoms with Crippen LogP contribution in [0.25, 0.3) is 0 Å². The van der Waals surface area contributed by atoms with E-state index in [1.807, 2.05) is 0 Å². The molecule has 3 N–H and O–H groups in total. The Morgan fingerprint density at radius 2 is 1.79 bits per heavy atom. The SMILES string of the molecule is COC(=O)N(C(=O)[C@@H](N)[C@@H](c1ccc(Cl)cc1)c1cccc(F)c1)c1cncc(F)c1CC[C@H]1CNCCN1S(=O)(=O)c1ccccc1. The number of piperazine rings is 1. The van der Waals surface area contributed by atoms with E-state index < -0.39 is 51.7 Å². The maximum atomic E-state index is 15.6. The number of pyridine rings is 1. The van der Waals surface area contributed by atoms with Crippen LogP contribution in [-0.4, -0.2) is 68.5 Å². The first-order valence-electron chi connectivity index (χ1n) is 15.1. The number of aromatic nitrogens is 1. The van der Waals surface area contributed by atoms with Gasteiger partial charge < -0.3 is 15.8 Å². The first-order chi connectivity index (χ1) is 23.0. The van der Waals surface area contributed by atoms with Gasteiger partial charge in [0.05, 0.1) is 36.1 Å².